The average molecular weight is 277 g/mol. The van der Waals surface area contributed by atoms with Crippen LogP contribution < -0.4 is 5.56 Å². The molecule has 0 aliphatic carbocycles. The molecule has 0 unspecified atom stereocenters. The van der Waals surface area contributed by atoms with E-state index in [1.54, 1.807) is 4.40 Å². The SMILES string of the molecule is Cc1cc2c(cc1C)n1c(=O)c3ccccc3nc1n2C. The van der Waals surface area contributed by atoms with E-state index in [2.05, 4.69) is 31.0 Å². The van der Waals surface area contributed by atoms with Crippen LogP contribution in [-0.4, -0.2) is 14.0 Å². The fourth-order valence-corrected chi connectivity index (χ4v) is 2.90. The molecule has 0 saturated carbocycles. The van der Waals surface area contributed by atoms with E-state index in [1.807, 2.05) is 35.9 Å². The van der Waals surface area contributed by atoms with Gasteiger partial charge in [-0.2, -0.15) is 0 Å². The molecule has 0 aliphatic rings. The largest absolute Gasteiger partial charge is 0.313 e. The summed E-state index contributed by atoms with van der Waals surface area (Å²) in [6, 6.07) is 11.7. The molecule has 0 saturated heterocycles. The van der Waals surface area contributed by atoms with Gasteiger partial charge in [-0.1, -0.05) is 12.1 Å². The van der Waals surface area contributed by atoms with E-state index in [0.717, 1.165) is 16.6 Å². The van der Waals surface area contributed by atoms with E-state index >= 15 is 0 Å². The first-order valence-electron chi connectivity index (χ1n) is 6.95. The fraction of sp³-hybridized carbons (Fsp3) is 0.176. The zero-order valence-electron chi connectivity index (χ0n) is 12.2. The predicted molar refractivity (Wildman–Crippen MR) is 84.9 cm³/mol. The summed E-state index contributed by atoms with van der Waals surface area (Å²) in [6.07, 6.45) is 0. The lowest BCUT2D eigenvalue weighted by Crippen LogP contribution is -2.14. The maximum Gasteiger partial charge on any atom is 0.267 e. The van der Waals surface area contributed by atoms with Crippen LogP contribution in [-0.2, 0) is 7.05 Å². The van der Waals surface area contributed by atoms with Crippen molar-refractivity contribution in [2.75, 3.05) is 0 Å². The molecule has 0 amide bonds. The Bertz CT molecular complexity index is 1090. The monoisotopic (exact) mass is 277 g/mol. The van der Waals surface area contributed by atoms with Crippen molar-refractivity contribution in [1.29, 1.82) is 0 Å². The molecule has 4 heteroatoms. The molecular weight excluding hydrogens is 262 g/mol. The summed E-state index contributed by atoms with van der Waals surface area (Å²) in [5.41, 5.74) is 5.06. The van der Waals surface area contributed by atoms with Gasteiger partial charge in [0.05, 0.1) is 21.9 Å². The van der Waals surface area contributed by atoms with Gasteiger partial charge in [-0.05, 0) is 49.2 Å². The van der Waals surface area contributed by atoms with Crippen LogP contribution in [0.4, 0.5) is 0 Å². The van der Waals surface area contributed by atoms with Gasteiger partial charge in [0.25, 0.3) is 5.56 Å². The van der Waals surface area contributed by atoms with Crippen molar-refractivity contribution < 1.29 is 0 Å². The number of imidazole rings is 1. The Kier molecular flexibility index (Phi) is 2.28. The second kappa shape index (κ2) is 3.95. The fourth-order valence-electron chi connectivity index (χ4n) is 2.90. The zero-order valence-corrected chi connectivity index (χ0v) is 12.2. The van der Waals surface area contributed by atoms with E-state index in [9.17, 15) is 4.79 Å². The van der Waals surface area contributed by atoms with Crippen molar-refractivity contribution in [2.24, 2.45) is 7.05 Å². The van der Waals surface area contributed by atoms with E-state index < -0.39 is 0 Å². The summed E-state index contributed by atoms with van der Waals surface area (Å²) in [4.78, 5) is 17.5. The van der Waals surface area contributed by atoms with Gasteiger partial charge in [-0.3, -0.25) is 4.79 Å². The number of aromatic nitrogens is 3. The number of rotatable bonds is 0. The molecule has 0 spiro atoms. The third-order valence-corrected chi connectivity index (χ3v) is 4.25. The van der Waals surface area contributed by atoms with Gasteiger partial charge in [0.2, 0.25) is 5.78 Å². The highest BCUT2D eigenvalue weighted by Crippen LogP contribution is 2.22. The molecule has 0 atom stereocenters. The standard InChI is InChI=1S/C17H15N3O/c1-10-8-14-15(9-11(10)2)20-16(21)12-6-4-5-7-13(12)18-17(20)19(14)3/h4-9H,1-3H3. The highest BCUT2D eigenvalue weighted by molar-refractivity contribution is 5.86. The van der Waals surface area contributed by atoms with Crippen molar-refractivity contribution >= 4 is 27.7 Å². The lowest BCUT2D eigenvalue weighted by Gasteiger charge is -2.01. The van der Waals surface area contributed by atoms with Crippen LogP contribution in [0.2, 0.25) is 0 Å². The number of para-hydroxylation sites is 1. The van der Waals surface area contributed by atoms with Gasteiger partial charge in [-0.15, -0.1) is 0 Å². The molecule has 2 aromatic heterocycles. The minimum atomic E-state index is -0.00977. The van der Waals surface area contributed by atoms with Gasteiger partial charge in [-0.25, -0.2) is 9.38 Å². The van der Waals surface area contributed by atoms with Crippen LogP contribution in [0.3, 0.4) is 0 Å². The summed E-state index contributed by atoms with van der Waals surface area (Å²) in [6.45, 7) is 4.15. The quantitative estimate of drug-likeness (QED) is 0.496. The lowest BCUT2D eigenvalue weighted by molar-refractivity contribution is 0.949. The number of benzene rings is 2. The summed E-state index contributed by atoms with van der Waals surface area (Å²) >= 11 is 0. The van der Waals surface area contributed by atoms with E-state index in [-0.39, 0.29) is 5.56 Å². The van der Waals surface area contributed by atoms with Gasteiger partial charge in [0.1, 0.15) is 0 Å². The maximum atomic E-state index is 12.8. The minimum absolute atomic E-state index is 0.00977. The van der Waals surface area contributed by atoms with Crippen LogP contribution in [0.5, 0.6) is 0 Å². The van der Waals surface area contributed by atoms with Crippen molar-refractivity contribution in [3.8, 4) is 0 Å². The first-order valence-corrected chi connectivity index (χ1v) is 6.95. The van der Waals surface area contributed by atoms with Gasteiger partial charge < -0.3 is 4.57 Å². The first kappa shape index (κ1) is 12.1. The van der Waals surface area contributed by atoms with Crippen molar-refractivity contribution in [3.05, 3.63) is 57.9 Å². The highest BCUT2D eigenvalue weighted by Gasteiger charge is 2.14. The third-order valence-electron chi connectivity index (χ3n) is 4.25. The number of hydrogen-bond acceptors (Lipinski definition) is 2. The topological polar surface area (TPSA) is 39.3 Å². The molecule has 0 radical (unpaired) electrons. The third kappa shape index (κ3) is 1.50. The van der Waals surface area contributed by atoms with Crippen LogP contribution in [0.1, 0.15) is 11.1 Å². The number of aryl methyl sites for hydroxylation is 3. The molecule has 21 heavy (non-hydrogen) atoms. The summed E-state index contributed by atoms with van der Waals surface area (Å²) in [5, 5.41) is 0.653. The molecule has 0 bridgehead atoms. The smallest absolute Gasteiger partial charge is 0.267 e. The van der Waals surface area contributed by atoms with E-state index in [0.29, 0.717) is 11.2 Å². The van der Waals surface area contributed by atoms with Gasteiger partial charge in [0.15, 0.2) is 0 Å². The predicted octanol–water partition coefficient (Wildman–Crippen LogP) is 2.96. The Morgan fingerprint density at radius 1 is 1.00 bits per heavy atom. The van der Waals surface area contributed by atoms with Crippen LogP contribution in [0, 0.1) is 13.8 Å². The Labute approximate surface area is 121 Å². The van der Waals surface area contributed by atoms with E-state index in [1.165, 1.54) is 11.1 Å². The van der Waals surface area contributed by atoms with Gasteiger partial charge in [0, 0.05) is 7.05 Å². The van der Waals surface area contributed by atoms with Crippen molar-refractivity contribution in [1.82, 2.24) is 14.0 Å². The van der Waals surface area contributed by atoms with Crippen LogP contribution in [0.15, 0.2) is 41.2 Å². The summed E-state index contributed by atoms with van der Waals surface area (Å²) < 4.78 is 3.69. The Morgan fingerprint density at radius 2 is 1.67 bits per heavy atom. The number of fused-ring (bicyclic) bond motifs is 4. The lowest BCUT2D eigenvalue weighted by atomic mass is 10.1. The normalized spacial score (nSPS) is 11.8. The Hall–Kier alpha value is -2.62. The molecule has 2 aromatic carbocycles. The maximum absolute atomic E-state index is 12.8. The first-order chi connectivity index (χ1) is 10.1. The second-order valence-electron chi connectivity index (χ2n) is 5.55. The molecule has 4 aromatic rings. The van der Waals surface area contributed by atoms with Gasteiger partial charge >= 0.3 is 0 Å². The molecule has 0 aliphatic heterocycles. The molecular formula is C17H15N3O. The molecule has 4 nitrogen and oxygen atoms in total. The zero-order chi connectivity index (χ0) is 14.7. The highest BCUT2D eigenvalue weighted by atomic mass is 16.1. The second-order valence-corrected chi connectivity index (χ2v) is 5.55. The Morgan fingerprint density at radius 3 is 2.43 bits per heavy atom. The van der Waals surface area contributed by atoms with E-state index in [4.69, 9.17) is 0 Å². The minimum Gasteiger partial charge on any atom is -0.313 e. The molecule has 4 rings (SSSR count). The molecule has 0 fully saturated rings. The van der Waals surface area contributed by atoms with Crippen LogP contribution in [0.25, 0.3) is 27.7 Å². The van der Waals surface area contributed by atoms with Crippen molar-refractivity contribution in [3.63, 3.8) is 0 Å². The number of hydrogen-bond donors (Lipinski definition) is 0. The molecule has 0 N–H and O–H groups in total. The summed E-state index contributed by atoms with van der Waals surface area (Å²) in [5.74, 6) is 0.679. The molecule has 2 heterocycles. The van der Waals surface area contributed by atoms with Crippen LogP contribution >= 0.6 is 0 Å². The van der Waals surface area contributed by atoms with Crippen molar-refractivity contribution in [2.45, 2.75) is 13.8 Å². The summed E-state index contributed by atoms with van der Waals surface area (Å²) in [7, 11) is 1.95. The average Bonchev–Trinajstić information content (AvgIpc) is 2.74. The number of nitrogens with zero attached hydrogens (tertiary/aromatic N) is 3. The molecule has 104 valence electrons. The Balaban J connectivity index is 2.37.